The van der Waals surface area contributed by atoms with Crippen molar-refractivity contribution < 1.29 is 32.8 Å². The number of halogens is 1. The smallest absolute Gasteiger partial charge is 0.489 e. The van der Waals surface area contributed by atoms with Crippen LogP contribution in [0.3, 0.4) is 0 Å². The van der Waals surface area contributed by atoms with Crippen molar-refractivity contribution in [3.8, 4) is 5.75 Å². The first-order chi connectivity index (χ1) is 13.1. The van der Waals surface area contributed by atoms with Crippen LogP contribution in [0.2, 0.25) is 0 Å². The molecule has 28 heavy (non-hydrogen) atoms. The van der Waals surface area contributed by atoms with E-state index in [4.69, 9.17) is 23.6 Å². The van der Waals surface area contributed by atoms with E-state index in [2.05, 4.69) is 0 Å². The summed E-state index contributed by atoms with van der Waals surface area (Å²) in [6, 6.07) is 9.12. The Labute approximate surface area is 163 Å². The Balaban J connectivity index is 1.84. The average Bonchev–Trinajstić information content (AvgIpc) is 3.22. The molecule has 0 amide bonds. The van der Waals surface area contributed by atoms with Gasteiger partial charge in [0.2, 0.25) is 0 Å². The first-order valence-electron chi connectivity index (χ1n) is 8.85. The summed E-state index contributed by atoms with van der Waals surface area (Å²) in [6.45, 7) is 7.22. The van der Waals surface area contributed by atoms with Crippen LogP contribution < -0.4 is 4.74 Å². The summed E-state index contributed by atoms with van der Waals surface area (Å²) in [5, 5.41) is 8.96. The van der Waals surface area contributed by atoms with Crippen LogP contribution in [-0.4, -0.2) is 36.0 Å². The topological polar surface area (TPSA) is 78.1 Å². The lowest BCUT2D eigenvalue weighted by Crippen LogP contribution is -2.41. The predicted octanol–water partition coefficient (Wildman–Crippen LogP) is 4.37. The van der Waals surface area contributed by atoms with Gasteiger partial charge in [0.25, 0.3) is 0 Å². The SMILES string of the molecule is CC1(C)OB(C(F)=C(COc2ccc(C(=O)O)cc2)c2ccco2)OC1(C)C. The van der Waals surface area contributed by atoms with Crippen molar-refractivity contribution in [1.82, 2.24) is 0 Å². The van der Waals surface area contributed by atoms with Gasteiger partial charge in [0.05, 0.1) is 28.6 Å². The molecule has 0 atom stereocenters. The van der Waals surface area contributed by atoms with Crippen molar-refractivity contribution in [3.63, 3.8) is 0 Å². The second kappa shape index (κ2) is 7.45. The molecular weight excluding hydrogens is 366 g/mol. The van der Waals surface area contributed by atoms with Crippen LogP contribution in [0, 0.1) is 0 Å². The van der Waals surface area contributed by atoms with Gasteiger partial charge in [0, 0.05) is 0 Å². The third-order valence-electron chi connectivity index (χ3n) is 5.05. The summed E-state index contributed by atoms with van der Waals surface area (Å²) >= 11 is 0. The Morgan fingerprint density at radius 1 is 1.11 bits per heavy atom. The molecule has 1 saturated heterocycles. The number of hydrogen-bond acceptors (Lipinski definition) is 5. The van der Waals surface area contributed by atoms with Gasteiger partial charge in [-0.05, 0) is 64.1 Å². The first kappa shape index (κ1) is 20.2. The molecule has 0 bridgehead atoms. The molecule has 148 valence electrons. The number of aromatic carboxylic acids is 1. The summed E-state index contributed by atoms with van der Waals surface area (Å²) < 4.78 is 37.9. The second-order valence-electron chi connectivity index (χ2n) is 7.51. The molecule has 1 fully saturated rings. The molecule has 6 nitrogen and oxygen atoms in total. The fraction of sp³-hybridized carbons (Fsp3) is 0.350. The van der Waals surface area contributed by atoms with Crippen LogP contribution in [0.5, 0.6) is 5.75 Å². The van der Waals surface area contributed by atoms with Gasteiger partial charge in [0.15, 0.2) is 0 Å². The Hall–Kier alpha value is -2.58. The van der Waals surface area contributed by atoms with E-state index in [0.29, 0.717) is 11.5 Å². The lowest BCUT2D eigenvalue weighted by molar-refractivity contribution is 0.00578. The highest BCUT2D eigenvalue weighted by molar-refractivity contribution is 6.55. The van der Waals surface area contributed by atoms with E-state index in [1.54, 1.807) is 12.1 Å². The quantitative estimate of drug-likeness (QED) is 0.741. The van der Waals surface area contributed by atoms with Crippen LogP contribution >= 0.6 is 0 Å². The van der Waals surface area contributed by atoms with E-state index in [0.717, 1.165) is 0 Å². The van der Waals surface area contributed by atoms with E-state index in [1.165, 1.54) is 30.5 Å². The lowest BCUT2D eigenvalue weighted by atomic mass is 9.84. The van der Waals surface area contributed by atoms with Crippen LogP contribution in [0.25, 0.3) is 5.57 Å². The molecule has 1 aliphatic rings. The van der Waals surface area contributed by atoms with Crippen molar-refractivity contribution in [2.24, 2.45) is 0 Å². The molecule has 8 heteroatoms. The van der Waals surface area contributed by atoms with Crippen molar-refractivity contribution >= 4 is 18.7 Å². The number of hydrogen-bond donors (Lipinski definition) is 1. The van der Waals surface area contributed by atoms with Gasteiger partial charge >= 0.3 is 13.1 Å². The van der Waals surface area contributed by atoms with Crippen molar-refractivity contribution in [1.29, 1.82) is 0 Å². The van der Waals surface area contributed by atoms with E-state index < -0.39 is 30.0 Å². The van der Waals surface area contributed by atoms with Gasteiger partial charge in [-0.2, -0.15) is 0 Å². The van der Waals surface area contributed by atoms with Gasteiger partial charge in [0.1, 0.15) is 23.8 Å². The highest BCUT2D eigenvalue weighted by Crippen LogP contribution is 2.40. The minimum Gasteiger partial charge on any atom is -0.489 e. The molecule has 1 aromatic heterocycles. The number of carboxylic acids is 1. The fourth-order valence-electron chi connectivity index (χ4n) is 2.65. The molecule has 0 radical (unpaired) electrons. The second-order valence-corrected chi connectivity index (χ2v) is 7.51. The molecule has 0 aliphatic carbocycles. The normalized spacial score (nSPS) is 18.7. The maximum Gasteiger partial charge on any atom is 0.525 e. The van der Waals surface area contributed by atoms with Crippen LogP contribution in [0.4, 0.5) is 4.39 Å². The highest BCUT2D eigenvalue weighted by Gasteiger charge is 2.53. The number of carbonyl (C=O) groups is 1. The first-order valence-corrected chi connectivity index (χ1v) is 8.85. The van der Waals surface area contributed by atoms with E-state index in [-0.39, 0.29) is 17.7 Å². The maximum absolute atomic E-state index is 15.3. The molecular formula is C20H22BFO6. The predicted molar refractivity (Wildman–Crippen MR) is 102 cm³/mol. The average molecular weight is 388 g/mol. The molecule has 2 aromatic rings. The van der Waals surface area contributed by atoms with Crippen LogP contribution in [0.15, 0.2) is 52.8 Å². The minimum absolute atomic E-state index is 0.137. The van der Waals surface area contributed by atoms with Gasteiger partial charge < -0.3 is 23.6 Å². The van der Waals surface area contributed by atoms with E-state index in [1.807, 2.05) is 27.7 Å². The van der Waals surface area contributed by atoms with Gasteiger partial charge in [-0.15, -0.1) is 0 Å². The summed E-state index contributed by atoms with van der Waals surface area (Å²) in [6.07, 6.45) is 1.44. The molecule has 0 unspecified atom stereocenters. The Morgan fingerprint density at radius 2 is 1.71 bits per heavy atom. The number of benzene rings is 1. The van der Waals surface area contributed by atoms with E-state index >= 15 is 4.39 Å². The lowest BCUT2D eigenvalue weighted by Gasteiger charge is -2.32. The van der Waals surface area contributed by atoms with Gasteiger partial charge in [-0.1, -0.05) is 0 Å². The molecule has 1 aromatic carbocycles. The molecule has 0 saturated carbocycles. The number of rotatable bonds is 6. The summed E-state index contributed by atoms with van der Waals surface area (Å²) in [4.78, 5) is 10.9. The Bertz CT molecular complexity index is 855. The maximum atomic E-state index is 15.3. The Kier molecular flexibility index (Phi) is 5.36. The summed E-state index contributed by atoms with van der Waals surface area (Å²) in [7, 11) is -1.18. The van der Waals surface area contributed by atoms with Crippen LogP contribution in [0.1, 0.15) is 43.8 Å². The molecule has 0 spiro atoms. The Morgan fingerprint density at radius 3 is 2.21 bits per heavy atom. The highest BCUT2D eigenvalue weighted by atomic mass is 19.1. The third-order valence-corrected chi connectivity index (χ3v) is 5.05. The summed E-state index contributed by atoms with van der Waals surface area (Å²) in [5.41, 5.74) is -1.70. The fourth-order valence-corrected chi connectivity index (χ4v) is 2.65. The monoisotopic (exact) mass is 388 g/mol. The minimum atomic E-state index is -1.18. The van der Waals surface area contributed by atoms with Crippen LogP contribution in [-0.2, 0) is 9.31 Å². The molecule has 1 aliphatic heterocycles. The molecule has 3 rings (SSSR count). The van der Waals surface area contributed by atoms with Crippen molar-refractivity contribution in [2.75, 3.05) is 6.61 Å². The number of ether oxygens (including phenoxy) is 1. The largest absolute Gasteiger partial charge is 0.525 e. The third kappa shape index (κ3) is 3.98. The van der Waals surface area contributed by atoms with Crippen molar-refractivity contribution in [2.45, 2.75) is 38.9 Å². The zero-order valence-corrected chi connectivity index (χ0v) is 16.2. The zero-order chi connectivity index (χ0) is 20.5. The van der Waals surface area contributed by atoms with Gasteiger partial charge in [-0.3, -0.25) is 0 Å². The standard InChI is InChI=1S/C20H22BFO6/c1-19(2)20(3,4)28-21(27-19)17(22)15(16-6-5-11-25-16)12-26-14-9-7-13(8-10-14)18(23)24/h5-11H,12H2,1-4H3,(H,23,24). The molecule has 2 heterocycles. The van der Waals surface area contributed by atoms with Gasteiger partial charge in [-0.25, -0.2) is 9.18 Å². The van der Waals surface area contributed by atoms with Crippen molar-refractivity contribution in [3.05, 3.63) is 59.7 Å². The summed E-state index contributed by atoms with van der Waals surface area (Å²) in [5.74, 6) is -0.334. The van der Waals surface area contributed by atoms with E-state index in [9.17, 15) is 4.79 Å². The zero-order valence-electron chi connectivity index (χ0n) is 16.2. The number of carboxylic acid groups (broad SMARTS) is 1. The molecule has 1 N–H and O–H groups in total. The number of furan rings is 1.